The molecule has 0 aromatic heterocycles. The highest BCUT2D eigenvalue weighted by Gasteiger charge is 2.38. The fraction of sp³-hybridized carbons (Fsp3) is 0.308. The highest BCUT2D eigenvalue weighted by atomic mass is 15.2. The molecular formula is C13H14N2. The minimum Gasteiger partial charge on any atom is -0.290 e. The van der Waals surface area contributed by atoms with Crippen molar-refractivity contribution < 1.29 is 0 Å². The maximum absolute atomic E-state index is 9.00. The Hall–Kier alpha value is -1.59. The van der Waals surface area contributed by atoms with Crippen molar-refractivity contribution in [2.75, 3.05) is 13.1 Å². The molecule has 1 aliphatic heterocycles. The molecule has 1 aliphatic rings. The summed E-state index contributed by atoms with van der Waals surface area (Å²) in [5, 5.41) is 9.00. The van der Waals surface area contributed by atoms with Gasteiger partial charge in [-0.2, -0.15) is 5.26 Å². The van der Waals surface area contributed by atoms with Crippen LogP contribution in [0.25, 0.3) is 0 Å². The lowest BCUT2D eigenvalue weighted by Crippen LogP contribution is -2.48. The van der Waals surface area contributed by atoms with Crippen LogP contribution >= 0.6 is 0 Å². The number of nitrogens with zero attached hydrogens (tertiary/aromatic N) is 2. The van der Waals surface area contributed by atoms with E-state index in [0.717, 1.165) is 13.1 Å². The van der Waals surface area contributed by atoms with Gasteiger partial charge in [0, 0.05) is 13.1 Å². The van der Waals surface area contributed by atoms with Gasteiger partial charge in [-0.05, 0) is 5.56 Å². The molecule has 2 nitrogen and oxygen atoms in total. The highest BCUT2D eigenvalue weighted by Crippen LogP contribution is 2.37. The molecule has 0 unspecified atom stereocenters. The average molecular weight is 198 g/mol. The van der Waals surface area contributed by atoms with E-state index in [0.29, 0.717) is 0 Å². The Labute approximate surface area is 90.4 Å². The van der Waals surface area contributed by atoms with E-state index in [-0.39, 0.29) is 12.0 Å². The third-order valence-electron chi connectivity index (χ3n) is 2.88. The first-order valence-corrected chi connectivity index (χ1v) is 5.16. The van der Waals surface area contributed by atoms with Crippen molar-refractivity contribution in [1.29, 1.82) is 5.26 Å². The zero-order chi connectivity index (χ0) is 10.7. The van der Waals surface area contributed by atoms with Crippen molar-refractivity contribution in [3.05, 3.63) is 48.6 Å². The third-order valence-corrected chi connectivity index (χ3v) is 2.88. The minimum atomic E-state index is 0.132. The molecule has 1 aromatic carbocycles. The van der Waals surface area contributed by atoms with Gasteiger partial charge in [-0.1, -0.05) is 36.4 Å². The third kappa shape index (κ3) is 1.79. The Morgan fingerprint density at radius 1 is 1.47 bits per heavy atom. The van der Waals surface area contributed by atoms with Gasteiger partial charge >= 0.3 is 0 Å². The Balaban J connectivity index is 2.18. The number of hydrogen-bond acceptors (Lipinski definition) is 2. The van der Waals surface area contributed by atoms with Crippen molar-refractivity contribution in [3.8, 4) is 6.07 Å². The van der Waals surface area contributed by atoms with Crippen molar-refractivity contribution in [2.45, 2.75) is 6.04 Å². The standard InChI is InChI=1S/C13H14N2/c1-2-8-15-10-12(9-14)13(15)11-6-4-3-5-7-11/h2-7,12-13H,1,8,10H2/t12-,13-/m1/s1. The van der Waals surface area contributed by atoms with E-state index < -0.39 is 0 Å². The van der Waals surface area contributed by atoms with Crippen LogP contribution in [0.1, 0.15) is 11.6 Å². The van der Waals surface area contributed by atoms with Gasteiger partial charge in [-0.15, -0.1) is 6.58 Å². The maximum atomic E-state index is 9.00. The second-order valence-electron chi connectivity index (χ2n) is 3.83. The average Bonchev–Trinajstić information content (AvgIpc) is 2.25. The lowest BCUT2D eigenvalue weighted by atomic mass is 9.84. The van der Waals surface area contributed by atoms with Crippen LogP contribution in [0.4, 0.5) is 0 Å². The SMILES string of the molecule is C=CCN1C[C@@H](C#N)[C@H]1c1ccccc1. The summed E-state index contributed by atoms with van der Waals surface area (Å²) in [5.41, 5.74) is 1.23. The molecule has 1 fully saturated rings. The van der Waals surface area contributed by atoms with Gasteiger partial charge in [0.15, 0.2) is 0 Å². The molecule has 0 saturated carbocycles. The molecule has 76 valence electrons. The van der Waals surface area contributed by atoms with Gasteiger partial charge in [0.2, 0.25) is 0 Å². The second-order valence-corrected chi connectivity index (χ2v) is 3.83. The molecule has 0 aliphatic carbocycles. The summed E-state index contributed by atoms with van der Waals surface area (Å²) in [5.74, 6) is 0.132. The van der Waals surface area contributed by atoms with E-state index in [1.807, 2.05) is 24.3 Å². The molecule has 1 saturated heterocycles. The normalized spacial score (nSPS) is 25.3. The highest BCUT2D eigenvalue weighted by molar-refractivity contribution is 5.25. The first-order valence-electron chi connectivity index (χ1n) is 5.16. The summed E-state index contributed by atoms with van der Waals surface area (Å²) in [6.07, 6.45) is 1.89. The lowest BCUT2D eigenvalue weighted by molar-refractivity contribution is 0.0586. The van der Waals surface area contributed by atoms with Gasteiger partial charge in [-0.3, -0.25) is 4.90 Å². The minimum absolute atomic E-state index is 0.132. The molecule has 2 atom stereocenters. The molecule has 1 aromatic rings. The van der Waals surface area contributed by atoms with Crippen molar-refractivity contribution >= 4 is 0 Å². The maximum Gasteiger partial charge on any atom is 0.0787 e. The molecule has 0 amide bonds. The van der Waals surface area contributed by atoms with Gasteiger partial charge < -0.3 is 0 Å². The second kappa shape index (κ2) is 4.29. The van der Waals surface area contributed by atoms with Crippen molar-refractivity contribution in [1.82, 2.24) is 4.90 Å². The van der Waals surface area contributed by atoms with E-state index in [1.165, 1.54) is 5.56 Å². The summed E-state index contributed by atoms with van der Waals surface area (Å²) >= 11 is 0. The molecule has 0 bridgehead atoms. The number of nitriles is 1. The smallest absolute Gasteiger partial charge is 0.0787 e. The van der Waals surface area contributed by atoms with E-state index in [2.05, 4.69) is 29.7 Å². The van der Waals surface area contributed by atoms with Crippen LogP contribution in [0.5, 0.6) is 0 Å². The molecule has 1 heterocycles. The van der Waals surface area contributed by atoms with Crippen LogP contribution in [0.3, 0.4) is 0 Å². The Bertz CT molecular complexity index is 377. The van der Waals surface area contributed by atoms with Gasteiger partial charge in [0.25, 0.3) is 0 Å². The number of likely N-dealkylation sites (tertiary alicyclic amines) is 1. The predicted octanol–water partition coefficient (Wildman–Crippen LogP) is 2.37. The Morgan fingerprint density at radius 3 is 2.80 bits per heavy atom. The lowest BCUT2D eigenvalue weighted by Gasteiger charge is -2.44. The molecule has 0 radical (unpaired) electrons. The summed E-state index contributed by atoms with van der Waals surface area (Å²) in [7, 11) is 0. The van der Waals surface area contributed by atoms with E-state index >= 15 is 0 Å². The fourth-order valence-corrected chi connectivity index (χ4v) is 2.14. The molecule has 15 heavy (non-hydrogen) atoms. The van der Waals surface area contributed by atoms with Gasteiger partial charge in [0.05, 0.1) is 18.0 Å². The van der Waals surface area contributed by atoms with Crippen molar-refractivity contribution in [3.63, 3.8) is 0 Å². The molecule has 0 N–H and O–H groups in total. The van der Waals surface area contributed by atoms with E-state index in [4.69, 9.17) is 5.26 Å². The Morgan fingerprint density at radius 2 is 2.20 bits per heavy atom. The van der Waals surface area contributed by atoms with Crippen LogP contribution in [-0.2, 0) is 0 Å². The zero-order valence-corrected chi connectivity index (χ0v) is 8.63. The predicted molar refractivity (Wildman–Crippen MR) is 60.1 cm³/mol. The van der Waals surface area contributed by atoms with Crippen LogP contribution in [0.15, 0.2) is 43.0 Å². The summed E-state index contributed by atoms with van der Waals surface area (Å²) < 4.78 is 0. The molecule has 2 heteroatoms. The van der Waals surface area contributed by atoms with Gasteiger partial charge in [-0.25, -0.2) is 0 Å². The van der Waals surface area contributed by atoms with Crippen LogP contribution in [0.2, 0.25) is 0 Å². The van der Waals surface area contributed by atoms with Crippen LogP contribution < -0.4 is 0 Å². The first-order chi connectivity index (χ1) is 7.36. The Kier molecular flexibility index (Phi) is 2.84. The molecule has 2 rings (SSSR count). The zero-order valence-electron chi connectivity index (χ0n) is 8.63. The topological polar surface area (TPSA) is 27.0 Å². The van der Waals surface area contributed by atoms with Crippen molar-refractivity contribution in [2.24, 2.45) is 5.92 Å². The fourth-order valence-electron chi connectivity index (χ4n) is 2.14. The van der Waals surface area contributed by atoms with Crippen LogP contribution in [0, 0.1) is 17.2 Å². The summed E-state index contributed by atoms with van der Waals surface area (Å²) in [6.45, 7) is 5.46. The largest absolute Gasteiger partial charge is 0.290 e. The monoisotopic (exact) mass is 198 g/mol. The number of hydrogen-bond donors (Lipinski definition) is 0. The number of rotatable bonds is 3. The number of benzene rings is 1. The van der Waals surface area contributed by atoms with E-state index in [9.17, 15) is 0 Å². The quantitative estimate of drug-likeness (QED) is 0.697. The van der Waals surface area contributed by atoms with Crippen LogP contribution in [-0.4, -0.2) is 18.0 Å². The molecular weight excluding hydrogens is 184 g/mol. The van der Waals surface area contributed by atoms with E-state index in [1.54, 1.807) is 0 Å². The summed E-state index contributed by atoms with van der Waals surface area (Å²) in [4.78, 5) is 2.27. The molecule has 0 spiro atoms. The summed E-state index contributed by atoms with van der Waals surface area (Å²) in [6, 6.07) is 12.8. The van der Waals surface area contributed by atoms with Gasteiger partial charge in [0.1, 0.15) is 0 Å². The first kappa shape index (κ1) is 9.95.